The second-order valence-electron chi connectivity index (χ2n) is 5.91. The summed E-state index contributed by atoms with van der Waals surface area (Å²) in [5, 5.41) is 9.79. The molecular formula is C18H21N5O2. The summed E-state index contributed by atoms with van der Waals surface area (Å²) in [6.45, 7) is 4.90. The Morgan fingerprint density at radius 1 is 1.20 bits per heavy atom. The van der Waals surface area contributed by atoms with E-state index in [-0.39, 0.29) is 12.1 Å². The summed E-state index contributed by atoms with van der Waals surface area (Å²) in [7, 11) is 0. The van der Waals surface area contributed by atoms with Crippen LogP contribution in [0, 0.1) is 6.92 Å². The van der Waals surface area contributed by atoms with E-state index in [0.29, 0.717) is 13.1 Å². The highest BCUT2D eigenvalue weighted by Crippen LogP contribution is 2.15. The Labute approximate surface area is 146 Å². The van der Waals surface area contributed by atoms with Crippen molar-refractivity contribution in [2.24, 2.45) is 0 Å². The van der Waals surface area contributed by atoms with Gasteiger partial charge in [-0.3, -0.25) is 0 Å². The summed E-state index contributed by atoms with van der Waals surface area (Å²) in [6.07, 6.45) is 3.20. The van der Waals surface area contributed by atoms with Crippen LogP contribution in [-0.2, 0) is 13.1 Å². The van der Waals surface area contributed by atoms with Gasteiger partial charge in [-0.2, -0.15) is 5.10 Å². The van der Waals surface area contributed by atoms with Gasteiger partial charge >= 0.3 is 6.03 Å². The molecule has 3 aromatic rings. The molecule has 3 rings (SSSR count). The van der Waals surface area contributed by atoms with Crippen LogP contribution in [-0.4, -0.2) is 20.8 Å². The lowest BCUT2D eigenvalue weighted by Gasteiger charge is -2.13. The standard InChI is InChI=1S/C18H21N5O2/c1-13-3-8-17(25-13)14(2)22-18(24)20-9-15-4-6-16(7-5-15)10-23-12-19-11-21-23/h3-8,11-12,14H,9-10H2,1-2H3,(H2,20,22,24). The molecule has 1 unspecified atom stereocenters. The predicted octanol–water partition coefficient (Wildman–Crippen LogP) is 2.79. The third-order valence-electron chi connectivity index (χ3n) is 3.82. The van der Waals surface area contributed by atoms with E-state index in [4.69, 9.17) is 4.42 Å². The second kappa shape index (κ2) is 7.65. The van der Waals surface area contributed by atoms with Gasteiger partial charge in [0.1, 0.15) is 24.2 Å². The summed E-state index contributed by atoms with van der Waals surface area (Å²) in [5.41, 5.74) is 2.15. The van der Waals surface area contributed by atoms with Crippen LogP contribution < -0.4 is 10.6 Å². The molecule has 130 valence electrons. The first-order valence-electron chi connectivity index (χ1n) is 8.11. The second-order valence-corrected chi connectivity index (χ2v) is 5.91. The number of nitrogens with one attached hydrogen (secondary N) is 2. The number of benzene rings is 1. The third kappa shape index (κ3) is 4.69. The number of furan rings is 1. The topological polar surface area (TPSA) is 85.0 Å². The van der Waals surface area contributed by atoms with E-state index in [9.17, 15) is 4.79 Å². The van der Waals surface area contributed by atoms with Crippen molar-refractivity contribution in [1.82, 2.24) is 25.4 Å². The molecule has 0 radical (unpaired) electrons. The number of amides is 2. The van der Waals surface area contributed by atoms with Crippen molar-refractivity contribution in [3.63, 3.8) is 0 Å². The Morgan fingerprint density at radius 3 is 2.60 bits per heavy atom. The van der Waals surface area contributed by atoms with Gasteiger partial charge in [-0.25, -0.2) is 14.5 Å². The van der Waals surface area contributed by atoms with Crippen molar-refractivity contribution in [3.8, 4) is 0 Å². The van der Waals surface area contributed by atoms with Crippen LogP contribution in [0.1, 0.15) is 35.6 Å². The maximum Gasteiger partial charge on any atom is 0.315 e. The number of rotatable bonds is 6. The van der Waals surface area contributed by atoms with Crippen LogP contribution in [0.3, 0.4) is 0 Å². The third-order valence-corrected chi connectivity index (χ3v) is 3.82. The monoisotopic (exact) mass is 339 g/mol. The van der Waals surface area contributed by atoms with Gasteiger partial charge in [0.2, 0.25) is 0 Å². The first-order valence-corrected chi connectivity index (χ1v) is 8.11. The maximum absolute atomic E-state index is 12.0. The predicted molar refractivity (Wildman–Crippen MR) is 92.8 cm³/mol. The molecule has 0 fully saturated rings. The molecule has 0 spiro atoms. The quantitative estimate of drug-likeness (QED) is 0.723. The number of aryl methyl sites for hydroxylation is 1. The number of aromatic nitrogens is 3. The van der Waals surface area contributed by atoms with Crippen molar-refractivity contribution >= 4 is 6.03 Å². The van der Waals surface area contributed by atoms with Crippen LogP contribution in [0.2, 0.25) is 0 Å². The minimum absolute atomic E-state index is 0.182. The largest absolute Gasteiger partial charge is 0.464 e. The normalized spacial score (nSPS) is 11.9. The molecule has 2 amide bonds. The zero-order chi connectivity index (χ0) is 17.6. The maximum atomic E-state index is 12.0. The van der Waals surface area contributed by atoms with E-state index >= 15 is 0 Å². The molecular weight excluding hydrogens is 318 g/mol. The zero-order valence-corrected chi connectivity index (χ0v) is 14.3. The highest BCUT2D eigenvalue weighted by molar-refractivity contribution is 5.74. The van der Waals surface area contributed by atoms with Crippen LogP contribution in [0.5, 0.6) is 0 Å². The molecule has 1 aromatic carbocycles. The van der Waals surface area contributed by atoms with Crippen LogP contribution in [0.15, 0.2) is 53.5 Å². The van der Waals surface area contributed by atoms with Crippen molar-refractivity contribution in [2.75, 3.05) is 0 Å². The van der Waals surface area contributed by atoms with E-state index in [0.717, 1.165) is 22.6 Å². The minimum atomic E-state index is -0.228. The minimum Gasteiger partial charge on any atom is -0.464 e. The summed E-state index contributed by atoms with van der Waals surface area (Å²) >= 11 is 0. The van der Waals surface area contributed by atoms with Gasteiger partial charge in [0.15, 0.2) is 0 Å². The smallest absolute Gasteiger partial charge is 0.315 e. The molecule has 2 heterocycles. The van der Waals surface area contributed by atoms with Crippen LogP contribution in [0.4, 0.5) is 4.79 Å². The molecule has 25 heavy (non-hydrogen) atoms. The molecule has 7 heteroatoms. The molecule has 0 saturated carbocycles. The number of carbonyl (C=O) groups is 1. The van der Waals surface area contributed by atoms with Crippen LogP contribution >= 0.6 is 0 Å². The Balaban J connectivity index is 1.47. The molecule has 0 saturated heterocycles. The highest BCUT2D eigenvalue weighted by atomic mass is 16.3. The van der Waals surface area contributed by atoms with E-state index in [1.165, 1.54) is 6.33 Å². The molecule has 7 nitrogen and oxygen atoms in total. The SMILES string of the molecule is Cc1ccc(C(C)NC(=O)NCc2ccc(Cn3cncn3)cc2)o1. The summed E-state index contributed by atoms with van der Waals surface area (Å²) in [4.78, 5) is 15.9. The molecule has 0 aliphatic carbocycles. The van der Waals surface area contributed by atoms with E-state index in [1.807, 2.05) is 50.2 Å². The first kappa shape index (κ1) is 16.8. The van der Waals surface area contributed by atoms with Gasteiger partial charge in [-0.1, -0.05) is 24.3 Å². The van der Waals surface area contributed by atoms with Gasteiger partial charge in [0.05, 0.1) is 12.6 Å². The first-order chi connectivity index (χ1) is 12.1. The Hall–Kier alpha value is -3.09. The fourth-order valence-electron chi connectivity index (χ4n) is 2.45. The van der Waals surface area contributed by atoms with Crippen molar-refractivity contribution in [1.29, 1.82) is 0 Å². The number of urea groups is 1. The lowest BCUT2D eigenvalue weighted by atomic mass is 10.1. The molecule has 2 N–H and O–H groups in total. The molecule has 1 atom stereocenters. The Bertz CT molecular complexity index is 808. The zero-order valence-electron chi connectivity index (χ0n) is 14.3. The average molecular weight is 339 g/mol. The fraction of sp³-hybridized carbons (Fsp3) is 0.278. The van der Waals surface area contributed by atoms with Gasteiger partial charge in [0.25, 0.3) is 0 Å². The van der Waals surface area contributed by atoms with Crippen molar-refractivity contribution < 1.29 is 9.21 Å². The average Bonchev–Trinajstić information content (AvgIpc) is 3.26. The number of hydrogen-bond acceptors (Lipinski definition) is 4. The molecule has 0 aliphatic rings. The van der Waals surface area contributed by atoms with Crippen molar-refractivity contribution in [3.05, 3.63) is 71.7 Å². The highest BCUT2D eigenvalue weighted by Gasteiger charge is 2.12. The summed E-state index contributed by atoms with van der Waals surface area (Å²) in [6, 6.07) is 11.4. The fourth-order valence-corrected chi connectivity index (χ4v) is 2.45. The Kier molecular flexibility index (Phi) is 5.13. The van der Waals surface area contributed by atoms with E-state index < -0.39 is 0 Å². The lowest BCUT2D eigenvalue weighted by molar-refractivity contribution is 0.235. The van der Waals surface area contributed by atoms with Gasteiger partial charge in [0, 0.05) is 6.54 Å². The molecule has 0 aliphatic heterocycles. The van der Waals surface area contributed by atoms with E-state index in [2.05, 4.69) is 20.7 Å². The summed E-state index contributed by atoms with van der Waals surface area (Å²) < 4.78 is 7.27. The molecule has 2 aromatic heterocycles. The van der Waals surface area contributed by atoms with E-state index in [1.54, 1.807) is 11.0 Å². The van der Waals surface area contributed by atoms with Gasteiger partial charge < -0.3 is 15.1 Å². The summed E-state index contributed by atoms with van der Waals surface area (Å²) in [5.74, 6) is 1.57. The lowest BCUT2D eigenvalue weighted by Crippen LogP contribution is -2.36. The van der Waals surface area contributed by atoms with Gasteiger partial charge in [-0.15, -0.1) is 0 Å². The van der Waals surface area contributed by atoms with Crippen LogP contribution in [0.25, 0.3) is 0 Å². The number of carbonyl (C=O) groups excluding carboxylic acids is 1. The van der Waals surface area contributed by atoms with Gasteiger partial charge in [-0.05, 0) is 37.1 Å². The Morgan fingerprint density at radius 2 is 1.96 bits per heavy atom. The molecule has 0 bridgehead atoms. The van der Waals surface area contributed by atoms with Crippen molar-refractivity contribution in [2.45, 2.75) is 33.0 Å². The number of nitrogens with zero attached hydrogens (tertiary/aromatic N) is 3. The number of hydrogen-bond donors (Lipinski definition) is 2.